The van der Waals surface area contributed by atoms with Gasteiger partial charge < -0.3 is 10.4 Å². The molecule has 2 N–H and O–H groups in total. The second-order valence-corrected chi connectivity index (χ2v) is 5.13. The number of rotatable bonds is 3. The van der Waals surface area contributed by atoms with E-state index < -0.39 is 5.60 Å². The Morgan fingerprint density at radius 3 is 2.86 bits per heavy atom. The fraction of sp³-hybridized carbons (Fsp3) is 1.00. The number of nitrogens with zero attached hydrogens (tertiary/aromatic N) is 1. The van der Waals surface area contributed by atoms with Crippen LogP contribution in [0.1, 0.15) is 27.2 Å². The van der Waals surface area contributed by atoms with Gasteiger partial charge in [0.25, 0.3) is 0 Å². The average Bonchev–Trinajstić information content (AvgIpc) is 2.22. The molecule has 1 atom stereocenters. The van der Waals surface area contributed by atoms with E-state index in [9.17, 15) is 5.11 Å². The average molecular weight is 200 g/mol. The van der Waals surface area contributed by atoms with Gasteiger partial charge in [-0.3, -0.25) is 4.90 Å². The van der Waals surface area contributed by atoms with E-state index in [0.29, 0.717) is 6.54 Å². The number of hydrogen-bond donors (Lipinski definition) is 2. The van der Waals surface area contributed by atoms with Crippen molar-refractivity contribution in [3.8, 4) is 0 Å². The van der Waals surface area contributed by atoms with Gasteiger partial charge in [-0.05, 0) is 25.8 Å². The molecule has 0 radical (unpaired) electrons. The van der Waals surface area contributed by atoms with Crippen LogP contribution in [0, 0.1) is 5.92 Å². The molecular weight excluding hydrogens is 176 g/mol. The lowest BCUT2D eigenvalue weighted by atomic mass is 10.1. The maximum Gasteiger partial charge on any atom is 0.0869 e. The molecule has 0 aromatic heterocycles. The molecule has 1 heterocycles. The van der Waals surface area contributed by atoms with Crippen molar-refractivity contribution in [3.05, 3.63) is 0 Å². The Morgan fingerprint density at radius 1 is 1.50 bits per heavy atom. The third-order valence-electron chi connectivity index (χ3n) is 2.70. The van der Waals surface area contributed by atoms with Gasteiger partial charge in [-0.1, -0.05) is 13.8 Å². The lowest BCUT2D eigenvalue weighted by molar-refractivity contribution is 0.0331. The zero-order valence-electron chi connectivity index (χ0n) is 9.71. The van der Waals surface area contributed by atoms with Crippen LogP contribution in [-0.4, -0.2) is 48.3 Å². The van der Waals surface area contributed by atoms with Crippen LogP contribution in [0.5, 0.6) is 0 Å². The van der Waals surface area contributed by atoms with Crippen LogP contribution in [-0.2, 0) is 0 Å². The predicted molar refractivity (Wildman–Crippen MR) is 59.4 cm³/mol. The Balaban J connectivity index is 2.36. The van der Waals surface area contributed by atoms with E-state index in [4.69, 9.17) is 0 Å². The Hall–Kier alpha value is -0.120. The van der Waals surface area contributed by atoms with Crippen LogP contribution in [0.25, 0.3) is 0 Å². The molecule has 14 heavy (non-hydrogen) atoms. The Kier molecular flexibility index (Phi) is 4.35. The van der Waals surface area contributed by atoms with Crippen LogP contribution < -0.4 is 5.32 Å². The molecule has 1 fully saturated rings. The Morgan fingerprint density at radius 2 is 2.21 bits per heavy atom. The molecule has 3 nitrogen and oxygen atoms in total. The second-order valence-electron chi connectivity index (χ2n) is 5.13. The van der Waals surface area contributed by atoms with Gasteiger partial charge in [0.05, 0.1) is 5.60 Å². The molecule has 1 aliphatic heterocycles. The van der Waals surface area contributed by atoms with Crippen molar-refractivity contribution < 1.29 is 5.11 Å². The summed E-state index contributed by atoms with van der Waals surface area (Å²) in [5.41, 5.74) is -0.562. The van der Waals surface area contributed by atoms with E-state index in [-0.39, 0.29) is 0 Å². The van der Waals surface area contributed by atoms with Crippen molar-refractivity contribution in [2.45, 2.75) is 32.8 Å². The minimum absolute atomic E-state index is 0.562. The van der Waals surface area contributed by atoms with Gasteiger partial charge in [0, 0.05) is 26.2 Å². The van der Waals surface area contributed by atoms with Crippen molar-refractivity contribution in [1.82, 2.24) is 10.2 Å². The zero-order valence-corrected chi connectivity index (χ0v) is 9.71. The van der Waals surface area contributed by atoms with Crippen molar-refractivity contribution >= 4 is 0 Å². The molecule has 0 amide bonds. The molecule has 1 aliphatic rings. The number of β-amino-alcohol motifs (C(OH)–C–C–N with tert-alkyl or cyclic N) is 1. The van der Waals surface area contributed by atoms with Gasteiger partial charge >= 0.3 is 0 Å². The zero-order chi connectivity index (χ0) is 10.6. The van der Waals surface area contributed by atoms with Crippen LogP contribution in [0.3, 0.4) is 0 Å². The van der Waals surface area contributed by atoms with Gasteiger partial charge in [-0.25, -0.2) is 0 Å². The van der Waals surface area contributed by atoms with Gasteiger partial charge in [-0.2, -0.15) is 0 Å². The monoisotopic (exact) mass is 200 g/mol. The third-order valence-corrected chi connectivity index (χ3v) is 2.70. The summed E-state index contributed by atoms with van der Waals surface area (Å²) < 4.78 is 0. The smallest absolute Gasteiger partial charge is 0.0869 e. The summed E-state index contributed by atoms with van der Waals surface area (Å²) in [6.45, 7) is 11.1. The topological polar surface area (TPSA) is 35.5 Å². The maximum absolute atomic E-state index is 9.99. The fourth-order valence-corrected chi connectivity index (χ4v) is 1.84. The second kappa shape index (κ2) is 5.10. The highest BCUT2D eigenvalue weighted by atomic mass is 16.3. The van der Waals surface area contributed by atoms with Crippen LogP contribution in [0.15, 0.2) is 0 Å². The van der Waals surface area contributed by atoms with E-state index >= 15 is 0 Å². The highest BCUT2D eigenvalue weighted by Crippen LogP contribution is 2.10. The predicted octanol–water partition coefficient (Wildman–Crippen LogP) is 0.689. The van der Waals surface area contributed by atoms with E-state index in [1.54, 1.807) is 0 Å². The van der Waals surface area contributed by atoms with E-state index in [0.717, 1.165) is 32.1 Å². The molecule has 3 heteroatoms. The van der Waals surface area contributed by atoms with Crippen molar-refractivity contribution in [3.63, 3.8) is 0 Å². The number of aliphatic hydroxyl groups is 1. The summed E-state index contributed by atoms with van der Waals surface area (Å²) in [6.07, 6.45) is 1.22. The van der Waals surface area contributed by atoms with Crippen LogP contribution in [0.2, 0.25) is 0 Å². The molecule has 1 unspecified atom stereocenters. The van der Waals surface area contributed by atoms with Crippen molar-refractivity contribution in [2.75, 3.05) is 32.7 Å². The van der Waals surface area contributed by atoms with E-state index in [1.807, 2.05) is 6.92 Å². The van der Waals surface area contributed by atoms with Crippen molar-refractivity contribution in [2.24, 2.45) is 5.92 Å². The molecule has 0 aromatic carbocycles. The van der Waals surface area contributed by atoms with Crippen LogP contribution >= 0.6 is 0 Å². The summed E-state index contributed by atoms with van der Waals surface area (Å²) >= 11 is 0. The summed E-state index contributed by atoms with van der Waals surface area (Å²) in [7, 11) is 0. The first-order valence-corrected chi connectivity index (χ1v) is 5.65. The molecule has 0 aromatic rings. The van der Waals surface area contributed by atoms with Crippen molar-refractivity contribution in [1.29, 1.82) is 0 Å². The first-order chi connectivity index (χ1) is 6.49. The molecule has 0 saturated carbocycles. The normalized spacial score (nSPS) is 30.6. The molecule has 0 aliphatic carbocycles. The van der Waals surface area contributed by atoms with Gasteiger partial charge in [0.2, 0.25) is 0 Å². The van der Waals surface area contributed by atoms with E-state index in [1.165, 1.54) is 6.42 Å². The molecule has 84 valence electrons. The van der Waals surface area contributed by atoms with Crippen LogP contribution in [0.4, 0.5) is 0 Å². The first-order valence-electron chi connectivity index (χ1n) is 5.65. The summed E-state index contributed by atoms with van der Waals surface area (Å²) in [5, 5.41) is 13.2. The quantitative estimate of drug-likeness (QED) is 0.703. The Bertz CT molecular complexity index is 169. The lowest BCUT2D eigenvalue weighted by Gasteiger charge is -2.28. The molecule has 0 bridgehead atoms. The SMILES string of the molecule is CC(C)CCN1CCNCC(C)(O)C1. The lowest BCUT2D eigenvalue weighted by Crippen LogP contribution is -2.43. The largest absolute Gasteiger partial charge is 0.388 e. The number of nitrogens with one attached hydrogen (secondary N) is 1. The molecular formula is C11H24N2O. The molecule has 0 spiro atoms. The van der Waals surface area contributed by atoms with Gasteiger partial charge in [0.15, 0.2) is 0 Å². The summed E-state index contributed by atoms with van der Waals surface area (Å²) in [4.78, 5) is 2.36. The third kappa shape index (κ3) is 4.40. The van der Waals surface area contributed by atoms with E-state index in [2.05, 4.69) is 24.1 Å². The first kappa shape index (κ1) is 12.0. The molecule has 1 saturated heterocycles. The summed E-state index contributed by atoms with van der Waals surface area (Å²) in [6, 6.07) is 0. The standard InChI is InChI=1S/C11H24N2O/c1-10(2)4-6-13-7-5-12-8-11(3,14)9-13/h10,12,14H,4-9H2,1-3H3. The maximum atomic E-state index is 9.99. The van der Waals surface area contributed by atoms with Gasteiger partial charge in [0.1, 0.15) is 0 Å². The minimum atomic E-state index is -0.562. The fourth-order valence-electron chi connectivity index (χ4n) is 1.84. The highest BCUT2D eigenvalue weighted by Gasteiger charge is 2.25. The Labute approximate surface area is 87.5 Å². The minimum Gasteiger partial charge on any atom is -0.388 e. The van der Waals surface area contributed by atoms with Gasteiger partial charge in [-0.15, -0.1) is 0 Å². The summed E-state index contributed by atoms with van der Waals surface area (Å²) in [5.74, 6) is 0.746. The number of hydrogen-bond acceptors (Lipinski definition) is 3. The molecule has 1 rings (SSSR count). The highest BCUT2D eigenvalue weighted by molar-refractivity contribution is 4.83.